The predicted molar refractivity (Wildman–Crippen MR) is 89.3 cm³/mol. The molecule has 0 spiro atoms. The number of aromatic nitrogens is 4. The van der Waals surface area contributed by atoms with E-state index in [0.29, 0.717) is 17.7 Å². The molecular formula is C15H23N7O3. The Morgan fingerprint density at radius 3 is 2.68 bits per heavy atom. The van der Waals surface area contributed by atoms with Gasteiger partial charge in [0.15, 0.2) is 17.7 Å². The molecule has 6 N–H and O–H groups in total. The average Bonchev–Trinajstić information content (AvgIpc) is 3.14. The van der Waals surface area contributed by atoms with Crippen molar-refractivity contribution in [3.05, 3.63) is 12.7 Å². The monoisotopic (exact) mass is 349 g/mol. The van der Waals surface area contributed by atoms with Crippen molar-refractivity contribution in [3.63, 3.8) is 0 Å². The quantitative estimate of drug-likeness (QED) is 0.516. The minimum Gasteiger partial charge on any atom is -0.387 e. The van der Waals surface area contributed by atoms with Crippen LogP contribution in [0.5, 0.6) is 0 Å². The van der Waals surface area contributed by atoms with Crippen molar-refractivity contribution in [2.24, 2.45) is 5.73 Å². The molecule has 2 saturated heterocycles. The molecule has 2 aliphatic heterocycles. The van der Waals surface area contributed by atoms with Gasteiger partial charge in [0.25, 0.3) is 0 Å². The Bertz CT molecular complexity index is 746. The number of nitrogens with two attached hydrogens (primary N) is 2. The number of nitrogens with zero attached hydrogens (tertiary/aromatic N) is 5. The van der Waals surface area contributed by atoms with Crippen molar-refractivity contribution in [2.45, 2.75) is 43.4 Å². The maximum atomic E-state index is 10.5. The van der Waals surface area contributed by atoms with Crippen LogP contribution in [0.4, 0.5) is 5.82 Å². The molecule has 2 aromatic rings. The van der Waals surface area contributed by atoms with Gasteiger partial charge in [0, 0.05) is 12.6 Å². The minimum atomic E-state index is -1.08. The largest absolute Gasteiger partial charge is 0.387 e. The van der Waals surface area contributed by atoms with Gasteiger partial charge in [0.1, 0.15) is 30.2 Å². The number of rotatable bonds is 3. The number of fused-ring (bicyclic) bond motifs is 1. The van der Waals surface area contributed by atoms with E-state index in [2.05, 4.69) is 19.9 Å². The van der Waals surface area contributed by atoms with E-state index < -0.39 is 24.5 Å². The number of hydrogen-bond acceptors (Lipinski definition) is 9. The second-order valence-corrected chi connectivity index (χ2v) is 6.77. The second kappa shape index (κ2) is 6.46. The highest BCUT2D eigenvalue weighted by molar-refractivity contribution is 5.81. The minimum absolute atomic E-state index is 0.242. The van der Waals surface area contributed by atoms with Crippen LogP contribution in [0, 0.1) is 0 Å². The van der Waals surface area contributed by atoms with Gasteiger partial charge >= 0.3 is 0 Å². The third kappa shape index (κ3) is 2.96. The molecular weight excluding hydrogens is 326 g/mol. The first-order chi connectivity index (χ1) is 12.0. The molecule has 2 aromatic heterocycles. The van der Waals surface area contributed by atoms with Crippen LogP contribution in [-0.4, -0.2) is 78.6 Å². The first-order valence-corrected chi connectivity index (χ1v) is 8.47. The summed E-state index contributed by atoms with van der Waals surface area (Å²) in [5.74, 6) is 0.262. The van der Waals surface area contributed by atoms with E-state index in [1.807, 2.05) is 0 Å². The van der Waals surface area contributed by atoms with Gasteiger partial charge in [0.05, 0.1) is 6.33 Å². The second-order valence-electron chi connectivity index (χ2n) is 6.77. The van der Waals surface area contributed by atoms with Gasteiger partial charge in [-0.25, -0.2) is 15.0 Å². The van der Waals surface area contributed by atoms with E-state index in [1.165, 1.54) is 12.7 Å². The summed E-state index contributed by atoms with van der Waals surface area (Å²) < 4.78 is 7.55. The molecule has 10 heteroatoms. The fourth-order valence-electron chi connectivity index (χ4n) is 3.56. The van der Waals surface area contributed by atoms with Crippen molar-refractivity contribution >= 4 is 17.0 Å². The maximum absolute atomic E-state index is 10.5. The van der Waals surface area contributed by atoms with E-state index >= 15 is 0 Å². The Balaban J connectivity index is 1.52. The van der Waals surface area contributed by atoms with Crippen molar-refractivity contribution in [1.29, 1.82) is 0 Å². The lowest BCUT2D eigenvalue weighted by molar-refractivity contribution is -0.0458. The molecule has 0 unspecified atom stereocenters. The van der Waals surface area contributed by atoms with Gasteiger partial charge in [-0.15, -0.1) is 0 Å². The van der Waals surface area contributed by atoms with Crippen molar-refractivity contribution < 1.29 is 14.9 Å². The van der Waals surface area contributed by atoms with Crippen LogP contribution in [0.1, 0.15) is 19.1 Å². The van der Waals surface area contributed by atoms with Crippen molar-refractivity contribution in [3.8, 4) is 0 Å². The normalized spacial score (nSPS) is 31.8. The lowest BCUT2D eigenvalue weighted by Gasteiger charge is -2.32. The van der Waals surface area contributed by atoms with E-state index in [9.17, 15) is 10.2 Å². The van der Waals surface area contributed by atoms with Crippen LogP contribution in [0.15, 0.2) is 12.7 Å². The average molecular weight is 349 g/mol. The molecule has 0 amide bonds. The van der Waals surface area contributed by atoms with Gasteiger partial charge < -0.3 is 31.3 Å². The lowest BCUT2D eigenvalue weighted by atomic mass is 10.0. The van der Waals surface area contributed by atoms with Crippen LogP contribution in [0.25, 0.3) is 11.2 Å². The molecule has 4 rings (SSSR count). The van der Waals surface area contributed by atoms with Crippen LogP contribution in [0.3, 0.4) is 0 Å². The first kappa shape index (κ1) is 16.6. The summed E-state index contributed by atoms with van der Waals surface area (Å²) in [5, 5.41) is 20.9. The summed E-state index contributed by atoms with van der Waals surface area (Å²) in [5.41, 5.74) is 12.6. The Labute approximate surface area is 144 Å². The molecule has 136 valence electrons. The maximum Gasteiger partial charge on any atom is 0.167 e. The van der Waals surface area contributed by atoms with E-state index in [-0.39, 0.29) is 11.9 Å². The predicted octanol–water partition coefficient (Wildman–Crippen LogP) is -1.55. The lowest BCUT2D eigenvalue weighted by Crippen LogP contribution is -2.45. The number of hydrogen-bond donors (Lipinski definition) is 4. The molecule has 2 fully saturated rings. The number of piperidine rings is 1. The fourth-order valence-corrected chi connectivity index (χ4v) is 3.56. The Morgan fingerprint density at radius 1 is 1.16 bits per heavy atom. The molecule has 0 bridgehead atoms. The molecule has 4 atom stereocenters. The number of imidazole rings is 1. The van der Waals surface area contributed by atoms with Gasteiger partial charge in [0.2, 0.25) is 0 Å². The summed E-state index contributed by atoms with van der Waals surface area (Å²) in [7, 11) is 0. The van der Waals surface area contributed by atoms with Crippen molar-refractivity contribution in [1.82, 2.24) is 24.4 Å². The Morgan fingerprint density at radius 2 is 1.92 bits per heavy atom. The van der Waals surface area contributed by atoms with E-state index in [4.69, 9.17) is 16.2 Å². The molecule has 0 radical (unpaired) electrons. The standard InChI is InChI=1S/C15H23N7O3/c16-8-1-3-21(4-2-8)5-9-11(23)12(24)15(25-9)22-7-20-10-13(17)18-6-19-14(10)22/h6-9,11-12,15,23-24H,1-5,16H2,(H2,17,18,19)/t9-,11-,12-,15-/m1/s1. The first-order valence-electron chi connectivity index (χ1n) is 8.47. The molecule has 4 heterocycles. The number of aliphatic hydroxyl groups is 2. The van der Waals surface area contributed by atoms with E-state index in [0.717, 1.165) is 25.9 Å². The smallest absolute Gasteiger partial charge is 0.167 e. The van der Waals surface area contributed by atoms with Gasteiger partial charge in [-0.1, -0.05) is 0 Å². The Hall–Kier alpha value is -1.85. The van der Waals surface area contributed by atoms with Crippen LogP contribution in [-0.2, 0) is 4.74 Å². The molecule has 2 aliphatic rings. The summed E-state index contributed by atoms with van der Waals surface area (Å²) >= 11 is 0. The highest BCUT2D eigenvalue weighted by atomic mass is 16.6. The number of anilines is 1. The van der Waals surface area contributed by atoms with E-state index in [1.54, 1.807) is 4.57 Å². The summed E-state index contributed by atoms with van der Waals surface area (Å²) in [6, 6.07) is 0.242. The van der Waals surface area contributed by atoms with Gasteiger partial charge in [-0.05, 0) is 25.9 Å². The third-order valence-electron chi connectivity index (χ3n) is 5.07. The molecule has 10 nitrogen and oxygen atoms in total. The number of likely N-dealkylation sites (tertiary alicyclic amines) is 1. The number of ether oxygens (including phenoxy) is 1. The van der Waals surface area contributed by atoms with Crippen LogP contribution >= 0.6 is 0 Å². The zero-order chi connectivity index (χ0) is 17.6. The van der Waals surface area contributed by atoms with Gasteiger partial charge in [-0.2, -0.15) is 0 Å². The molecule has 0 saturated carbocycles. The highest BCUT2D eigenvalue weighted by Gasteiger charge is 2.45. The summed E-state index contributed by atoms with van der Waals surface area (Å²) in [6.07, 6.45) is 1.36. The fraction of sp³-hybridized carbons (Fsp3) is 0.667. The zero-order valence-corrected chi connectivity index (χ0v) is 13.8. The SMILES string of the molecule is Nc1ncnc2c1ncn2[C@@H]1O[C@H](CN2CCC(N)CC2)[C@@H](O)[C@H]1O. The van der Waals surface area contributed by atoms with Crippen molar-refractivity contribution in [2.75, 3.05) is 25.4 Å². The summed E-state index contributed by atoms with van der Waals surface area (Å²) in [6.45, 7) is 2.28. The van der Waals surface area contributed by atoms with Crippen LogP contribution in [0.2, 0.25) is 0 Å². The summed E-state index contributed by atoms with van der Waals surface area (Å²) in [4.78, 5) is 14.5. The molecule has 0 aromatic carbocycles. The number of aliphatic hydroxyl groups excluding tert-OH is 2. The molecule has 0 aliphatic carbocycles. The number of nitrogen functional groups attached to an aromatic ring is 1. The zero-order valence-electron chi connectivity index (χ0n) is 13.8. The van der Waals surface area contributed by atoms with Crippen LogP contribution < -0.4 is 11.5 Å². The highest BCUT2D eigenvalue weighted by Crippen LogP contribution is 2.32. The van der Waals surface area contributed by atoms with Gasteiger partial charge in [-0.3, -0.25) is 4.57 Å². The topological polar surface area (TPSA) is 149 Å². The Kier molecular flexibility index (Phi) is 4.29. The molecule has 25 heavy (non-hydrogen) atoms. The third-order valence-corrected chi connectivity index (χ3v) is 5.07.